The van der Waals surface area contributed by atoms with E-state index in [2.05, 4.69) is 0 Å². The van der Waals surface area contributed by atoms with Crippen molar-refractivity contribution in [2.75, 3.05) is 14.2 Å². The molecule has 0 aliphatic rings. The first-order chi connectivity index (χ1) is 7.51. The molecule has 0 aromatic heterocycles. The molecule has 0 aliphatic heterocycles. The molecule has 0 saturated carbocycles. The number of hydrogen-bond donors (Lipinski definition) is 2. The highest BCUT2D eigenvalue weighted by Crippen LogP contribution is 2.31. The summed E-state index contributed by atoms with van der Waals surface area (Å²) in [5.41, 5.74) is 5.17. The lowest BCUT2D eigenvalue weighted by Crippen LogP contribution is -2.22. The Morgan fingerprint density at radius 2 is 1.88 bits per heavy atom. The lowest BCUT2D eigenvalue weighted by molar-refractivity contribution is -0.138. The molecule has 0 spiro atoms. The van der Waals surface area contributed by atoms with Crippen molar-refractivity contribution in [3.05, 3.63) is 23.5 Å². The third-order valence-corrected chi connectivity index (χ3v) is 2.10. The van der Waals surface area contributed by atoms with E-state index in [0.29, 0.717) is 0 Å². The number of carbonyl (C=O) groups is 1. The van der Waals surface area contributed by atoms with Gasteiger partial charge >= 0.3 is 5.97 Å². The molecule has 6 heteroatoms. The van der Waals surface area contributed by atoms with Crippen molar-refractivity contribution < 1.29 is 23.8 Å². The van der Waals surface area contributed by atoms with E-state index in [4.69, 9.17) is 20.3 Å². The maximum absolute atomic E-state index is 13.5. The molecule has 1 aromatic carbocycles. The van der Waals surface area contributed by atoms with Gasteiger partial charge < -0.3 is 20.3 Å². The standard InChI is InChI=1S/C10H12FNO4/c1-15-7-3-5(9(12)10(13)14)6(11)4-8(7)16-2/h3-4,9H,12H2,1-2H3,(H,13,14). The Labute approximate surface area is 91.6 Å². The fraction of sp³-hybridized carbons (Fsp3) is 0.300. The van der Waals surface area contributed by atoms with Crippen LogP contribution in [0.3, 0.4) is 0 Å². The highest BCUT2D eigenvalue weighted by Gasteiger charge is 2.21. The number of rotatable bonds is 4. The highest BCUT2D eigenvalue weighted by atomic mass is 19.1. The maximum Gasteiger partial charge on any atom is 0.325 e. The van der Waals surface area contributed by atoms with Crippen LogP contribution in [0.2, 0.25) is 0 Å². The van der Waals surface area contributed by atoms with Gasteiger partial charge in [-0.15, -0.1) is 0 Å². The topological polar surface area (TPSA) is 81.8 Å². The van der Waals surface area contributed by atoms with Crippen LogP contribution in [0.1, 0.15) is 11.6 Å². The lowest BCUT2D eigenvalue weighted by Gasteiger charge is -2.13. The first-order valence-corrected chi connectivity index (χ1v) is 4.41. The minimum absolute atomic E-state index is 0.148. The second kappa shape index (κ2) is 4.80. The molecule has 5 nitrogen and oxygen atoms in total. The van der Waals surface area contributed by atoms with Crippen LogP contribution in [-0.4, -0.2) is 25.3 Å². The van der Waals surface area contributed by atoms with Crippen LogP contribution in [0.15, 0.2) is 12.1 Å². The number of methoxy groups -OCH3 is 2. The van der Waals surface area contributed by atoms with E-state index in [9.17, 15) is 9.18 Å². The van der Waals surface area contributed by atoms with Crippen LogP contribution < -0.4 is 15.2 Å². The van der Waals surface area contributed by atoms with Crippen LogP contribution in [0.25, 0.3) is 0 Å². The quantitative estimate of drug-likeness (QED) is 0.802. The molecule has 1 aromatic rings. The number of hydrogen-bond acceptors (Lipinski definition) is 4. The number of carboxylic acids is 1. The van der Waals surface area contributed by atoms with Crippen LogP contribution >= 0.6 is 0 Å². The number of carboxylic acid groups (broad SMARTS) is 1. The predicted octanol–water partition coefficient (Wildman–Crippen LogP) is 0.927. The zero-order chi connectivity index (χ0) is 12.3. The second-order valence-corrected chi connectivity index (χ2v) is 3.04. The zero-order valence-electron chi connectivity index (χ0n) is 8.86. The van der Waals surface area contributed by atoms with Gasteiger partial charge in [0.1, 0.15) is 11.9 Å². The van der Waals surface area contributed by atoms with Gasteiger partial charge in [0.2, 0.25) is 0 Å². The van der Waals surface area contributed by atoms with Gasteiger partial charge in [-0.05, 0) is 6.07 Å². The summed E-state index contributed by atoms with van der Waals surface area (Å²) in [4.78, 5) is 10.6. The van der Waals surface area contributed by atoms with Crippen molar-refractivity contribution in [3.8, 4) is 11.5 Å². The molecule has 0 aliphatic carbocycles. The average molecular weight is 229 g/mol. The van der Waals surface area contributed by atoms with Crippen molar-refractivity contribution in [2.45, 2.75) is 6.04 Å². The summed E-state index contributed by atoms with van der Waals surface area (Å²) in [6, 6.07) is 0.823. The van der Waals surface area contributed by atoms with Crippen molar-refractivity contribution in [1.82, 2.24) is 0 Å². The minimum Gasteiger partial charge on any atom is -0.493 e. The van der Waals surface area contributed by atoms with Crippen LogP contribution in [0.5, 0.6) is 11.5 Å². The Bertz CT molecular complexity index is 408. The summed E-state index contributed by atoms with van der Waals surface area (Å²) in [6.45, 7) is 0. The third-order valence-electron chi connectivity index (χ3n) is 2.10. The molecule has 0 heterocycles. The summed E-state index contributed by atoms with van der Waals surface area (Å²) in [7, 11) is 2.72. The van der Waals surface area contributed by atoms with E-state index in [1.165, 1.54) is 20.3 Å². The summed E-state index contributed by atoms with van der Waals surface area (Å²) >= 11 is 0. The largest absolute Gasteiger partial charge is 0.493 e. The third kappa shape index (κ3) is 2.22. The number of nitrogens with two attached hydrogens (primary N) is 1. The first-order valence-electron chi connectivity index (χ1n) is 4.41. The molecule has 88 valence electrons. The maximum atomic E-state index is 13.5. The minimum atomic E-state index is -1.43. The number of halogens is 1. The monoisotopic (exact) mass is 229 g/mol. The molecule has 1 rings (SSSR count). The molecule has 1 atom stereocenters. The second-order valence-electron chi connectivity index (χ2n) is 3.04. The molecule has 0 saturated heterocycles. The SMILES string of the molecule is COc1cc(F)c(C(N)C(=O)O)cc1OC. The van der Waals surface area contributed by atoms with E-state index in [0.717, 1.165) is 6.07 Å². The van der Waals surface area contributed by atoms with Crippen molar-refractivity contribution in [3.63, 3.8) is 0 Å². The molecule has 16 heavy (non-hydrogen) atoms. The van der Waals surface area contributed by atoms with E-state index in [1.54, 1.807) is 0 Å². The molecule has 0 radical (unpaired) electrons. The fourth-order valence-electron chi connectivity index (χ4n) is 1.24. The van der Waals surface area contributed by atoms with Gasteiger partial charge in [0, 0.05) is 11.6 Å². The molecule has 0 amide bonds. The molecule has 0 bridgehead atoms. The summed E-state index contributed by atoms with van der Waals surface area (Å²) in [5.74, 6) is -1.64. The Hall–Kier alpha value is -1.82. The van der Waals surface area contributed by atoms with E-state index in [-0.39, 0.29) is 17.1 Å². The van der Waals surface area contributed by atoms with E-state index >= 15 is 0 Å². The predicted molar refractivity (Wildman–Crippen MR) is 54.1 cm³/mol. The van der Waals surface area contributed by atoms with Crippen LogP contribution in [0, 0.1) is 5.82 Å². The van der Waals surface area contributed by atoms with Gasteiger partial charge in [-0.1, -0.05) is 0 Å². The van der Waals surface area contributed by atoms with Crippen molar-refractivity contribution >= 4 is 5.97 Å². The normalized spacial score (nSPS) is 12.0. The number of aliphatic carboxylic acids is 1. The van der Waals surface area contributed by atoms with Crippen molar-refractivity contribution in [2.24, 2.45) is 5.73 Å². The molecule has 3 N–H and O–H groups in total. The Balaban J connectivity index is 3.26. The van der Waals surface area contributed by atoms with E-state index in [1.807, 2.05) is 0 Å². The fourth-order valence-corrected chi connectivity index (χ4v) is 1.24. The summed E-state index contributed by atoms with van der Waals surface area (Å²) in [6.07, 6.45) is 0. The zero-order valence-corrected chi connectivity index (χ0v) is 8.86. The highest BCUT2D eigenvalue weighted by molar-refractivity contribution is 5.75. The smallest absolute Gasteiger partial charge is 0.325 e. The number of ether oxygens (including phenoxy) is 2. The average Bonchev–Trinajstić information content (AvgIpc) is 2.27. The van der Waals surface area contributed by atoms with Crippen LogP contribution in [-0.2, 0) is 4.79 Å². The Morgan fingerprint density at radius 3 is 2.31 bits per heavy atom. The molecule has 0 fully saturated rings. The Kier molecular flexibility index (Phi) is 3.68. The summed E-state index contributed by atoms with van der Waals surface area (Å²) in [5, 5.41) is 8.69. The van der Waals surface area contributed by atoms with Gasteiger partial charge in [-0.2, -0.15) is 0 Å². The van der Waals surface area contributed by atoms with E-state index < -0.39 is 17.8 Å². The lowest BCUT2D eigenvalue weighted by atomic mass is 10.1. The molecular weight excluding hydrogens is 217 g/mol. The number of benzene rings is 1. The van der Waals surface area contributed by atoms with Gasteiger partial charge in [-0.3, -0.25) is 4.79 Å². The van der Waals surface area contributed by atoms with Gasteiger partial charge in [0.05, 0.1) is 14.2 Å². The van der Waals surface area contributed by atoms with Gasteiger partial charge in [0.25, 0.3) is 0 Å². The molecular formula is C10H12FNO4. The van der Waals surface area contributed by atoms with Crippen molar-refractivity contribution in [1.29, 1.82) is 0 Å². The van der Waals surface area contributed by atoms with Gasteiger partial charge in [0.15, 0.2) is 11.5 Å². The molecule has 1 unspecified atom stereocenters. The first kappa shape index (κ1) is 12.3. The van der Waals surface area contributed by atoms with Gasteiger partial charge in [-0.25, -0.2) is 4.39 Å². The summed E-state index contributed by atoms with van der Waals surface area (Å²) < 4.78 is 23.3. The Morgan fingerprint density at radius 1 is 1.38 bits per heavy atom. The van der Waals surface area contributed by atoms with Crippen LogP contribution in [0.4, 0.5) is 4.39 Å².